The van der Waals surface area contributed by atoms with Crippen LogP contribution in [-0.4, -0.2) is 71.5 Å². The SMILES string of the molecule is CCCCCCCCCCCCCCCC(=O)OCC(COC)(COC=O)C[N+](C)(C)C. The number of unbranched alkanes of at least 4 members (excludes halogenated alkanes) is 12. The molecule has 0 spiro atoms. The van der Waals surface area contributed by atoms with Crippen molar-refractivity contribution in [1.82, 2.24) is 0 Å². The molecule has 0 aromatic rings. The molecule has 0 fully saturated rings. The largest absolute Gasteiger partial charge is 0.467 e. The van der Waals surface area contributed by atoms with Gasteiger partial charge < -0.3 is 18.7 Å². The highest BCUT2D eigenvalue weighted by Crippen LogP contribution is 2.23. The van der Waals surface area contributed by atoms with E-state index in [0.717, 1.165) is 12.8 Å². The summed E-state index contributed by atoms with van der Waals surface area (Å²) in [5, 5.41) is 0. The van der Waals surface area contributed by atoms with Gasteiger partial charge in [0.05, 0.1) is 34.3 Å². The molecule has 0 rings (SSSR count). The Bertz CT molecular complexity index is 464. The molecule has 1 atom stereocenters. The maximum Gasteiger partial charge on any atom is 0.305 e. The van der Waals surface area contributed by atoms with E-state index < -0.39 is 5.41 Å². The Hall–Kier alpha value is -1.14. The maximum atomic E-state index is 12.3. The summed E-state index contributed by atoms with van der Waals surface area (Å²) in [6.45, 7) is 4.10. The summed E-state index contributed by atoms with van der Waals surface area (Å²) >= 11 is 0. The zero-order valence-electron chi connectivity index (χ0n) is 21.8. The van der Waals surface area contributed by atoms with Gasteiger partial charge in [-0.05, 0) is 6.42 Å². The predicted octanol–water partition coefficient (Wildman–Crippen LogP) is 5.52. The first kappa shape index (κ1) is 30.9. The van der Waals surface area contributed by atoms with Gasteiger partial charge in [-0.2, -0.15) is 0 Å². The van der Waals surface area contributed by atoms with E-state index in [4.69, 9.17) is 14.2 Å². The molecule has 0 aromatic carbocycles. The van der Waals surface area contributed by atoms with Crippen molar-refractivity contribution >= 4 is 12.4 Å². The van der Waals surface area contributed by atoms with Crippen LogP contribution in [0.4, 0.5) is 0 Å². The Morgan fingerprint density at radius 1 is 0.781 bits per heavy atom. The highest BCUT2D eigenvalue weighted by molar-refractivity contribution is 5.69. The van der Waals surface area contributed by atoms with Crippen molar-refractivity contribution in [2.45, 2.75) is 96.8 Å². The summed E-state index contributed by atoms with van der Waals surface area (Å²) in [6.07, 6.45) is 17.1. The van der Waals surface area contributed by atoms with E-state index in [0.29, 0.717) is 30.5 Å². The smallest absolute Gasteiger partial charge is 0.305 e. The van der Waals surface area contributed by atoms with E-state index in [9.17, 15) is 9.59 Å². The highest BCUT2D eigenvalue weighted by Gasteiger charge is 2.39. The van der Waals surface area contributed by atoms with Crippen LogP contribution in [0.2, 0.25) is 0 Å². The molecule has 0 amide bonds. The summed E-state index contributed by atoms with van der Waals surface area (Å²) in [5.74, 6) is -0.180. The molecule has 6 heteroatoms. The lowest BCUT2D eigenvalue weighted by atomic mass is 9.89. The molecule has 190 valence electrons. The Labute approximate surface area is 197 Å². The van der Waals surface area contributed by atoms with Crippen LogP contribution >= 0.6 is 0 Å². The van der Waals surface area contributed by atoms with Crippen LogP contribution in [0.15, 0.2) is 0 Å². The third-order valence-corrected chi connectivity index (χ3v) is 5.74. The van der Waals surface area contributed by atoms with Crippen molar-refractivity contribution < 1.29 is 28.3 Å². The fourth-order valence-corrected chi connectivity index (χ4v) is 4.38. The van der Waals surface area contributed by atoms with Gasteiger partial charge in [-0.3, -0.25) is 9.59 Å². The van der Waals surface area contributed by atoms with Gasteiger partial charge in [-0.15, -0.1) is 0 Å². The van der Waals surface area contributed by atoms with Crippen LogP contribution in [0, 0.1) is 5.41 Å². The van der Waals surface area contributed by atoms with E-state index >= 15 is 0 Å². The van der Waals surface area contributed by atoms with E-state index in [-0.39, 0.29) is 19.2 Å². The Kier molecular flexibility index (Phi) is 18.7. The lowest BCUT2D eigenvalue weighted by molar-refractivity contribution is -0.877. The minimum Gasteiger partial charge on any atom is -0.467 e. The minimum absolute atomic E-state index is 0.172. The molecule has 0 saturated carbocycles. The molecule has 1 unspecified atom stereocenters. The van der Waals surface area contributed by atoms with Crippen molar-refractivity contribution in [1.29, 1.82) is 0 Å². The second-order valence-corrected chi connectivity index (χ2v) is 10.4. The van der Waals surface area contributed by atoms with Crippen LogP contribution < -0.4 is 0 Å². The summed E-state index contributed by atoms with van der Waals surface area (Å²) < 4.78 is 16.7. The van der Waals surface area contributed by atoms with Gasteiger partial charge in [0.1, 0.15) is 18.6 Å². The summed E-state index contributed by atoms with van der Waals surface area (Å²) in [6, 6.07) is 0. The summed E-state index contributed by atoms with van der Waals surface area (Å²) in [5.41, 5.74) is -0.542. The number of hydrogen-bond donors (Lipinski definition) is 0. The Morgan fingerprint density at radius 2 is 1.28 bits per heavy atom. The van der Waals surface area contributed by atoms with Gasteiger partial charge in [-0.25, -0.2) is 0 Å². The second-order valence-electron chi connectivity index (χ2n) is 10.4. The van der Waals surface area contributed by atoms with E-state index in [1.807, 2.05) is 0 Å². The van der Waals surface area contributed by atoms with Crippen LogP contribution in [0.5, 0.6) is 0 Å². The molecule has 32 heavy (non-hydrogen) atoms. The van der Waals surface area contributed by atoms with Crippen LogP contribution in [0.1, 0.15) is 96.8 Å². The third-order valence-electron chi connectivity index (χ3n) is 5.74. The van der Waals surface area contributed by atoms with Crippen molar-refractivity contribution in [3.63, 3.8) is 0 Å². The van der Waals surface area contributed by atoms with Gasteiger partial charge in [0.25, 0.3) is 6.47 Å². The van der Waals surface area contributed by atoms with E-state index in [2.05, 4.69) is 28.1 Å². The molecule has 0 aliphatic rings. The van der Waals surface area contributed by atoms with Crippen molar-refractivity contribution in [2.24, 2.45) is 5.41 Å². The van der Waals surface area contributed by atoms with Gasteiger partial charge >= 0.3 is 5.97 Å². The molecule has 0 bridgehead atoms. The van der Waals surface area contributed by atoms with Crippen LogP contribution in [0.25, 0.3) is 0 Å². The van der Waals surface area contributed by atoms with Crippen LogP contribution in [-0.2, 0) is 23.8 Å². The molecule has 0 heterocycles. The summed E-state index contributed by atoms with van der Waals surface area (Å²) in [4.78, 5) is 23.0. The molecule has 0 radical (unpaired) electrons. The summed E-state index contributed by atoms with van der Waals surface area (Å²) in [7, 11) is 7.78. The van der Waals surface area contributed by atoms with Crippen molar-refractivity contribution in [3.05, 3.63) is 0 Å². The normalized spacial score (nSPS) is 13.5. The van der Waals surface area contributed by atoms with E-state index in [1.54, 1.807) is 7.11 Å². The average molecular weight is 459 g/mol. The number of ether oxygens (including phenoxy) is 3. The highest BCUT2D eigenvalue weighted by atomic mass is 16.5. The number of nitrogens with zero attached hydrogens (tertiary/aromatic N) is 1. The average Bonchev–Trinajstić information content (AvgIpc) is 2.73. The first-order chi connectivity index (χ1) is 15.3. The molecular weight excluding hydrogens is 406 g/mol. The number of quaternary nitrogens is 1. The van der Waals surface area contributed by atoms with Gasteiger partial charge in [0, 0.05) is 13.5 Å². The predicted molar refractivity (Wildman–Crippen MR) is 130 cm³/mol. The lowest BCUT2D eigenvalue weighted by Gasteiger charge is -2.37. The van der Waals surface area contributed by atoms with Crippen LogP contribution in [0.3, 0.4) is 0 Å². The van der Waals surface area contributed by atoms with E-state index in [1.165, 1.54) is 70.6 Å². The van der Waals surface area contributed by atoms with Gasteiger partial charge in [-0.1, -0.05) is 84.0 Å². The minimum atomic E-state index is -0.542. The fraction of sp³-hybridized carbons (Fsp3) is 0.923. The third kappa shape index (κ3) is 18.4. The van der Waals surface area contributed by atoms with Gasteiger partial charge in [0.15, 0.2) is 0 Å². The topological polar surface area (TPSA) is 61.8 Å². The maximum absolute atomic E-state index is 12.3. The number of esters is 1. The number of methoxy groups -OCH3 is 1. The molecule has 6 nitrogen and oxygen atoms in total. The molecule has 0 saturated heterocycles. The Balaban J connectivity index is 3.97. The fourth-order valence-electron chi connectivity index (χ4n) is 4.38. The lowest BCUT2D eigenvalue weighted by Crippen LogP contribution is -2.52. The quantitative estimate of drug-likeness (QED) is 0.0873. The molecule has 0 aromatic heterocycles. The van der Waals surface area contributed by atoms with Crippen molar-refractivity contribution in [3.8, 4) is 0 Å². The monoisotopic (exact) mass is 458 g/mol. The number of carbonyl (C=O) groups is 2. The van der Waals surface area contributed by atoms with Gasteiger partial charge in [0.2, 0.25) is 0 Å². The second kappa shape index (κ2) is 19.3. The first-order valence-corrected chi connectivity index (χ1v) is 12.8. The molecule has 0 aliphatic carbocycles. The zero-order chi connectivity index (χ0) is 24.1. The molecule has 0 N–H and O–H groups in total. The first-order valence-electron chi connectivity index (χ1n) is 12.8. The molecule has 0 aliphatic heterocycles. The number of hydrogen-bond acceptors (Lipinski definition) is 5. The van der Waals surface area contributed by atoms with Crippen molar-refractivity contribution in [2.75, 3.05) is 54.6 Å². The number of rotatable bonds is 23. The molecular formula is C26H52NO5+. The standard InChI is InChI=1S/C26H52NO5/c1-6-7-8-9-10-11-12-13-14-15-16-17-18-19-25(29)32-23-26(21-30-5,22-31-24-28)20-27(2,3)4/h24H,6-23H2,1-5H3/q+1. The zero-order valence-corrected chi connectivity index (χ0v) is 21.8. The number of carbonyl (C=O) groups excluding carboxylic acids is 2. The Morgan fingerprint density at radius 3 is 1.72 bits per heavy atom.